The third-order valence-corrected chi connectivity index (χ3v) is 8.23. The number of alkyl halides is 3. The second-order valence-electron chi connectivity index (χ2n) is 9.42. The lowest BCUT2D eigenvalue weighted by Gasteiger charge is -2.38. The molecule has 13 heteroatoms. The highest BCUT2D eigenvalue weighted by Crippen LogP contribution is 2.33. The number of halogens is 3. The number of anilines is 1. The highest BCUT2D eigenvalue weighted by molar-refractivity contribution is 7.99. The van der Waals surface area contributed by atoms with Crippen LogP contribution in [0.5, 0.6) is 0 Å². The largest absolute Gasteiger partial charge is 0.414 e. The van der Waals surface area contributed by atoms with Crippen LogP contribution in [0.4, 0.5) is 10.6 Å². The fourth-order valence-electron chi connectivity index (χ4n) is 5.26. The highest BCUT2D eigenvalue weighted by atomic mass is 35.6. The number of nitrogens with zero attached hydrogens (tertiary/aromatic N) is 6. The standard InChI is InChI=1S/C24H29Cl3N6O3S/c1-17-13-21(33(28-17)18-5-3-2-4-6-18)30-9-7-29(8-10-30)19-14-20(22(34)31-11-12-37-16-31)32(15-19)23(35)36-24(25,26)27/h2-6,13,19-20H,7-12,14-16H2,1H3. The van der Waals surface area contributed by atoms with E-state index >= 15 is 0 Å². The number of aromatic nitrogens is 2. The van der Waals surface area contributed by atoms with Gasteiger partial charge in [-0.25, -0.2) is 9.48 Å². The van der Waals surface area contributed by atoms with E-state index in [1.54, 1.807) is 16.7 Å². The van der Waals surface area contributed by atoms with Gasteiger partial charge >= 0.3 is 10.1 Å². The van der Waals surface area contributed by atoms with E-state index in [0.29, 0.717) is 25.4 Å². The van der Waals surface area contributed by atoms with Crippen molar-refractivity contribution in [2.75, 3.05) is 55.8 Å². The van der Waals surface area contributed by atoms with Crippen molar-refractivity contribution < 1.29 is 14.3 Å². The number of benzene rings is 1. The Bertz CT molecular complexity index is 1120. The van der Waals surface area contributed by atoms with E-state index in [9.17, 15) is 9.59 Å². The molecule has 2 atom stereocenters. The number of rotatable bonds is 4. The van der Waals surface area contributed by atoms with E-state index in [-0.39, 0.29) is 11.9 Å². The molecule has 0 aliphatic carbocycles. The third kappa shape index (κ3) is 6.09. The normalized spacial score (nSPS) is 23.1. The molecule has 0 bridgehead atoms. The molecule has 3 aliphatic heterocycles. The maximum Gasteiger partial charge on any atom is 0.414 e. The summed E-state index contributed by atoms with van der Waals surface area (Å²) in [5.41, 5.74) is 1.98. The first-order valence-electron chi connectivity index (χ1n) is 12.2. The number of aryl methyl sites for hydroxylation is 1. The summed E-state index contributed by atoms with van der Waals surface area (Å²) in [6, 6.07) is 11.6. The van der Waals surface area contributed by atoms with E-state index in [4.69, 9.17) is 44.6 Å². The van der Waals surface area contributed by atoms with Gasteiger partial charge in [0.2, 0.25) is 5.91 Å². The maximum absolute atomic E-state index is 13.3. The number of piperazine rings is 1. The minimum Gasteiger partial charge on any atom is -0.398 e. The van der Waals surface area contributed by atoms with Crippen LogP contribution >= 0.6 is 46.6 Å². The van der Waals surface area contributed by atoms with Gasteiger partial charge in [-0.3, -0.25) is 14.6 Å². The van der Waals surface area contributed by atoms with Crippen molar-refractivity contribution >= 4 is 64.4 Å². The Kier molecular flexibility index (Phi) is 8.02. The minimum absolute atomic E-state index is 0.00931. The lowest BCUT2D eigenvalue weighted by atomic mass is 10.1. The molecule has 3 aliphatic rings. The Morgan fingerprint density at radius 1 is 1.08 bits per heavy atom. The molecular formula is C24H29Cl3N6O3S. The fraction of sp³-hybridized carbons (Fsp3) is 0.542. The van der Waals surface area contributed by atoms with Gasteiger partial charge in [0.05, 0.1) is 17.3 Å². The summed E-state index contributed by atoms with van der Waals surface area (Å²) in [5.74, 6) is 2.50. The first kappa shape index (κ1) is 26.7. The van der Waals surface area contributed by atoms with E-state index in [1.165, 1.54) is 4.90 Å². The number of ether oxygens (including phenoxy) is 1. The molecule has 37 heavy (non-hydrogen) atoms. The molecule has 0 saturated carbocycles. The smallest absolute Gasteiger partial charge is 0.398 e. The Labute approximate surface area is 235 Å². The van der Waals surface area contributed by atoms with Gasteiger partial charge in [-0.1, -0.05) is 18.2 Å². The summed E-state index contributed by atoms with van der Waals surface area (Å²) in [6.07, 6.45) is -0.260. The van der Waals surface area contributed by atoms with Crippen LogP contribution in [-0.4, -0.2) is 103 Å². The van der Waals surface area contributed by atoms with Crippen LogP contribution in [-0.2, 0) is 9.53 Å². The number of hydrogen-bond acceptors (Lipinski definition) is 7. The van der Waals surface area contributed by atoms with Gasteiger partial charge in [-0.2, -0.15) is 5.10 Å². The molecule has 0 N–H and O–H groups in total. The Morgan fingerprint density at radius 2 is 1.81 bits per heavy atom. The lowest BCUT2D eigenvalue weighted by molar-refractivity contribution is -0.134. The predicted octanol–water partition coefficient (Wildman–Crippen LogP) is 3.74. The van der Waals surface area contributed by atoms with Crippen molar-refractivity contribution in [2.24, 2.45) is 0 Å². The molecule has 2 unspecified atom stereocenters. The average Bonchev–Trinajstić information content (AvgIpc) is 3.63. The van der Waals surface area contributed by atoms with Gasteiger partial charge in [-0.05, 0) is 60.3 Å². The van der Waals surface area contributed by atoms with E-state index < -0.39 is 16.1 Å². The maximum atomic E-state index is 13.3. The van der Waals surface area contributed by atoms with Gasteiger partial charge in [0.25, 0.3) is 0 Å². The van der Waals surface area contributed by atoms with Gasteiger partial charge in [-0.15, -0.1) is 11.8 Å². The summed E-state index contributed by atoms with van der Waals surface area (Å²) >= 11 is 18.9. The SMILES string of the molecule is Cc1cc(N2CCN(C3CC(C(=O)N4CCSC4)N(C(=O)OC(Cl)(Cl)Cl)C3)CC2)n(-c2ccccc2)n1. The van der Waals surface area contributed by atoms with Crippen LogP contribution in [0.25, 0.3) is 5.69 Å². The molecule has 0 spiro atoms. The van der Waals surface area contributed by atoms with Gasteiger partial charge < -0.3 is 14.5 Å². The topological polar surface area (TPSA) is 74.2 Å². The average molecular weight is 588 g/mol. The number of carbonyl (C=O) groups excluding carboxylic acids is 2. The summed E-state index contributed by atoms with van der Waals surface area (Å²) in [4.78, 5) is 34.1. The molecule has 2 amide bonds. The number of carbonyl (C=O) groups is 2. The molecule has 3 fully saturated rings. The van der Waals surface area contributed by atoms with Gasteiger partial charge in [0.1, 0.15) is 11.9 Å². The van der Waals surface area contributed by atoms with Crippen LogP contribution in [0.15, 0.2) is 36.4 Å². The minimum atomic E-state index is -2.18. The van der Waals surface area contributed by atoms with Crippen LogP contribution in [0.2, 0.25) is 0 Å². The first-order chi connectivity index (χ1) is 17.7. The van der Waals surface area contributed by atoms with Crippen LogP contribution in [0.1, 0.15) is 12.1 Å². The quantitative estimate of drug-likeness (QED) is 0.505. The number of amides is 2. The van der Waals surface area contributed by atoms with Crippen LogP contribution in [0, 0.1) is 6.92 Å². The monoisotopic (exact) mass is 586 g/mol. The summed E-state index contributed by atoms with van der Waals surface area (Å²) in [7, 11) is 0. The van der Waals surface area contributed by atoms with Crippen molar-refractivity contribution in [1.29, 1.82) is 0 Å². The van der Waals surface area contributed by atoms with Gasteiger partial charge in [0.15, 0.2) is 0 Å². The van der Waals surface area contributed by atoms with Crippen molar-refractivity contribution in [1.82, 2.24) is 24.5 Å². The fourth-order valence-corrected chi connectivity index (χ4v) is 6.41. The number of hydrogen-bond donors (Lipinski definition) is 0. The van der Waals surface area contributed by atoms with Crippen molar-refractivity contribution in [3.05, 3.63) is 42.1 Å². The second-order valence-corrected chi connectivity index (χ2v) is 12.7. The van der Waals surface area contributed by atoms with Crippen molar-refractivity contribution in [3.63, 3.8) is 0 Å². The van der Waals surface area contributed by atoms with Crippen LogP contribution in [0.3, 0.4) is 0 Å². The Balaban J connectivity index is 1.27. The first-order valence-corrected chi connectivity index (χ1v) is 14.5. The molecular weight excluding hydrogens is 559 g/mol. The molecule has 1 aromatic heterocycles. The number of para-hydroxylation sites is 1. The van der Waals surface area contributed by atoms with E-state index in [0.717, 1.165) is 49.1 Å². The second kappa shape index (κ2) is 11.1. The molecule has 9 nitrogen and oxygen atoms in total. The predicted molar refractivity (Wildman–Crippen MR) is 147 cm³/mol. The Morgan fingerprint density at radius 3 is 2.46 bits per heavy atom. The summed E-state index contributed by atoms with van der Waals surface area (Å²) in [6.45, 7) is 6.19. The van der Waals surface area contributed by atoms with Crippen LogP contribution < -0.4 is 4.90 Å². The third-order valence-electron chi connectivity index (χ3n) is 7.03. The molecule has 2 aromatic rings. The molecule has 200 valence electrons. The van der Waals surface area contributed by atoms with Crippen molar-refractivity contribution in [3.8, 4) is 5.69 Å². The molecule has 1 aromatic carbocycles. The molecule has 5 rings (SSSR count). The zero-order valence-electron chi connectivity index (χ0n) is 20.4. The zero-order valence-corrected chi connectivity index (χ0v) is 23.5. The van der Waals surface area contributed by atoms with E-state index in [1.807, 2.05) is 41.9 Å². The lowest BCUT2D eigenvalue weighted by Crippen LogP contribution is -2.51. The molecule has 4 heterocycles. The number of likely N-dealkylation sites (tertiary alicyclic amines) is 1. The zero-order chi connectivity index (χ0) is 26.2. The number of thioether (sulfide) groups is 1. The van der Waals surface area contributed by atoms with Gasteiger partial charge in [0, 0.05) is 57.1 Å². The molecule has 0 radical (unpaired) electrons. The van der Waals surface area contributed by atoms with E-state index in [2.05, 4.69) is 15.9 Å². The summed E-state index contributed by atoms with van der Waals surface area (Å²) < 4.78 is 4.80. The summed E-state index contributed by atoms with van der Waals surface area (Å²) in [5, 5.41) is 4.71. The molecule has 3 saturated heterocycles. The van der Waals surface area contributed by atoms with Crippen molar-refractivity contribution in [2.45, 2.75) is 29.4 Å². The Hall–Kier alpha value is -1.85. The highest BCUT2D eigenvalue weighted by Gasteiger charge is 2.46.